The third kappa shape index (κ3) is 3.91. The minimum Gasteiger partial charge on any atom is -0.476 e. The van der Waals surface area contributed by atoms with E-state index in [1.807, 2.05) is 49.3 Å². The van der Waals surface area contributed by atoms with Crippen LogP contribution in [-0.4, -0.2) is 42.1 Å². The van der Waals surface area contributed by atoms with Gasteiger partial charge in [-0.1, -0.05) is 30.3 Å². The molecule has 0 fully saturated rings. The van der Waals surface area contributed by atoms with E-state index in [2.05, 4.69) is 15.4 Å². The van der Waals surface area contributed by atoms with Gasteiger partial charge in [0.2, 0.25) is 5.88 Å². The molecule has 106 valence electrons. The summed E-state index contributed by atoms with van der Waals surface area (Å²) in [6.45, 7) is 1.37. The number of nitrogens with two attached hydrogens (primary N) is 1. The number of hydrazine groups is 1. The van der Waals surface area contributed by atoms with E-state index in [1.165, 1.54) is 0 Å². The smallest absolute Gasteiger partial charge is 0.219 e. The number of anilines is 1. The number of likely N-dealkylation sites (N-methyl/N-ethyl adjacent to an activating group) is 1. The van der Waals surface area contributed by atoms with Crippen LogP contribution in [-0.2, 0) is 0 Å². The van der Waals surface area contributed by atoms with Crippen LogP contribution in [0.1, 0.15) is 0 Å². The van der Waals surface area contributed by atoms with Crippen molar-refractivity contribution in [3.63, 3.8) is 0 Å². The predicted octanol–water partition coefficient (Wildman–Crippen LogP) is 1.37. The third-order valence-corrected chi connectivity index (χ3v) is 2.67. The molecule has 0 bridgehead atoms. The molecule has 6 heteroatoms. The Kier molecular flexibility index (Phi) is 4.86. The fourth-order valence-electron chi connectivity index (χ4n) is 1.62. The topological polar surface area (TPSA) is 76.3 Å². The summed E-state index contributed by atoms with van der Waals surface area (Å²) in [4.78, 5) is 10.8. The molecule has 1 aromatic heterocycles. The molecule has 0 saturated carbocycles. The van der Waals surface area contributed by atoms with E-state index in [1.54, 1.807) is 6.07 Å². The van der Waals surface area contributed by atoms with E-state index in [0.717, 1.165) is 12.1 Å². The van der Waals surface area contributed by atoms with Gasteiger partial charge in [-0.2, -0.15) is 4.98 Å². The maximum atomic E-state index is 5.63. The largest absolute Gasteiger partial charge is 0.476 e. The molecule has 6 nitrogen and oxygen atoms in total. The lowest BCUT2D eigenvalue weighted by Gasteiger charge is -2.12. The number of nitrogens with zero attached hydrogens (tertiary/aromatic N) is 3. The summed E-state index contributed by atoms with van der Waals surface area (Å²) in [5, 5.41) is 0. The standard InChI is InChI=1S/C14H19N5O/c1-19(2)8-9-20-13-10-12(18-15)16-14(17-13)11-6-4-3-5-7-11/h3-7,10H,8-9,15H2,1-2H3,(H,16,17,18). The summed E-state index contributed by atoms with van der Waals surface area (Å²) >= 11 is 0. The van der Waals surface area contributed by atoms with Crippen LogP contribution < -0.4 is 16.0 Å². The number of ether oxygens (including phenoxy) is 1. The molecule has 2 rings (SSSR count). The number of rotatable bonds is 6. The highest BCUT2D eigenvalue weighted by Crippen LogP contribution is 2.20. The van der Waals surface area contributed by atoms with Crippen LogP contribution in [0.25, 0.3) is 11.4 Å². The average Bonchev–Trinajstić information content (AvgIpc) is 2.47. The minimum atomic E-state index is 0.508. The van der Waals surface area contributed by atoms with Gasteiger partial charge in [-0.3, -0.25) is 0 Å². The van der Waals surface area contributed by atoms with Crippen LogP contribution in [0.3, 0.4) is 0 Å². The Morgan fingerprint density at radius 2 is 1.95 bits per heavy atom. The second kappa shape index (κ2) is 6.83. The van der Waals surface area contributed by atoms with Gasteiger partial charge in [0.25, 0.3) is 0 Å². The van der Waals surface area contributed by atoms with Crippen LogP contribution >= 0.6 is 0 Å². The first-order valence-corrected chi connectivity index (χ1v) is 6.37. The van der Waals surface area contributed by atoms with Gasteiger partial charge in [0, 0.05) is 18.2 Å². The lowest BCUT2D eigenvalue weighted by molar-refractivity contribution is 0.254. The second-order valence-electron chi connectivity index (χ2n) is 4.58. The van der Waals surface area contributed by atoms with Gasteiger partial charge in [0.15, 0.2) is 5.82 Å². The Morgan fingerprint density at radius 3 is 2.60 bits per heavy atom. The summed E-state index contributed by atoms with van der Waals surface area (Å²) < 4.78 is 5.63. The van der Waals surface area contributed by atoms with Crippen LogP contribution in [0.15, 0.2) is 36.4 Å². The first kappa shape index (κ1) is 14.2. The van der Waals surface area contributed by atoms with E-state index in [4.69, 9.17) is 10.6 Å². The lowest BCUT2D eigenvalue weighted by atomic mass is 10.2. The Morgan fingerprint density at radius 1 is 1.20 bits per heavy atom. The third-order valence-electron chi connectivity index (χ3n) is 2.67. The van der Waals surface area contributed by atoms with Crippen molar-refractivity contribution >= 4 is 5.82 Å². The van der Waals surface area contributed by atoms with Crippen LogP contribution in [0, 0.1) is 0 Å². The van der Waals surface area contributed by atoms with Gasteiger partial charge in [-0.25, -0.2) is 10.8 Å². The van der Waals surface area contributed by atoms with Gasteiger partial charge in [0.1, 0.15) is 12.4 Å². The zero-order chi connectivity index (χ0) is 14.4. The summed E-state index contributed by atoms with van der Waals surface area (Å²) in [6.07, 6.45) is 0. The molecule has 0 spiro atoms. The fourth-order valence-corrected chi connectivity index (χ4v) is 1.62. The molecule has 0 radical (unpaired) electrons. The monoisotopic (exact) mass is 273 g/mol. The Bertz CT molecular complexity index is 545. The van der Waals surface area contributed by atoms with Crippen molar-refractivity contribution in [1.29, 1.82) is 0 Å². The second-order valence-corrected chi connectivity index (χ2v) is 4.58. The summed E-state index contributed by atoms with van der Waals surface area (Å²) in [6, 6.07) is 11.4. The van der Waals surface area contributed by atoms with Crippen molar-refractivity contribution in [2.75, 3.05) is 32.7 Å². The molecule has 0 amide bonds. The van der Waals surface area contributed by atoms with Crippen molar-refractivity contribution in [3.8, 4) is 17.3 Å². The van der Waals surface area contributed by atoms with Crippen molar-refractivity contribution in [1.82, 2.24) is 14.9 Å². The summed E-state index contributed by atoms with van der Waals surface area (Å²) in [7, 11) is 3.98. The van der Waals surface area contributed by atoms with Crippen LogP contribution in [0.2, 0.25) is 0 Å². The van der Waals surface area contributed by atoms with Crippen molar-refractivity contribution in [3.05, 3.63) is 36.4 Å². The van der Waals surface area contributed by atoms with Gasteiger partial charge < -0.3 is 15.1 Å². The van der Waals surface area contributed by atoms with E-state index < -0.39 is 0 Å². The SMILES string of the molecule is CN(C)CCOc1cc(NN)nc(-c2ccccc2)n1. The van der Waals surface area contributed by atoms with Crippen molar-refractivity contribution in [2.24, 2.45) is 5.84 Å². The Balaban J connectivity index is 2.20. The van der Waals surface area contributed by atoms with Crippen LogP contribution in [0.5, 0.6) is 5.88 Å². The normalized spacial score (nSPS) is 10.6. The molecular formula is C14H19N5O. The van der Waals surface area contributed by atoms with E-state index in [9.17, 15) is 0 Å². The first-order chi connectivity index (χ1) is 9.69. The molecule has 0 aliphatic rings. The minimum absolute atomic E-state index is 0.508. The van der Waals surface area contributed by atoms with Gasteiger partial charge >= 0.3 is 0 Å². The molecule has 2 aromatic rings. The number of nitrogen functional groups attached to an aromatic ring is 1. The zero-order valence-corrected chi connectivity index (χ0v) is 11.7. The quantitative estimate of drug-likeness (QED) is 0.611. The molecule has 1 heterocycles. The summed E-state index contributed by atoms with van der Waals surface area (Å²) in [5.74, 6) is 7.06. The van der Waals surface area contributed by atoms with Crippen LogP contribution in [0.4, 0.5) is 5.82 Å². The molecule has 0 aliphatic carbocycles. The van der Waals surface area contributed by atoms with Crippen molar-refractivity contribution in [2.45, 2.75) is 0 Å². The number of hydrogen-bond donors (Lipinski definition) is 2. The molecule has 0 unspecified atom stereocenters. The number of aromatic nitrogens is 2. The maximum Gasteiger partial charge on any atom is 0.219 e. The lowest BCUT2D eigenvalue weighted by Crippen LogP contribution is -2.20. The molecular weight excluding hydrogens is 254 g/mol. The molecule has 20 heavy (non-hydrogen) atoms. The van der Waals surface area contributed by atoms with Gasteiger partial charge in [-0.05, 0) is 14.1 Å². The van der Waals surface area contributed by atoms with E-state index in [0.29, 0.717) is 24.1 Å². The zero-order valence-electron chi connectivity index (χ0n) is 11.7. The Labute approximate surface area is 118 Å². The maximum absolute atomic E-state index is 5.63. The molecule has 0 atom stereocenters. The van der Waals surface area contributed by atoms with Crippen molar-refractivity contribution < 1.29 is 4.74 Å². The number of nitrogens with one attached hydrogen (secondary N) is 1. The van der Waals surface area contributed by atoms with E-state index >= 15 is 0 Å². The number of benzene rings is 1. The predicted molar refractivity (Wildman–Crippen MR) is 79.3 cm³/mol. The highest BCUT2D eigenvalue weighted by Gasteiger charge is 2.07. The molecule has 3 N–H and O–H groups in total. The highest BCUT2D eigenvalue weighted by atomic mass is 16.5. The van der Waals surface area contributed by atoms with Gasteiger partial charge in [0.05, 0.1) is 0 Å². The van der Waals surface area contributed by atoms with Gasteiger partial charge in [-0.15, -0.1) is 0 Å². The van der Waals surface area contributed by atoms with E-state index in [-0.39, 0.29) is 0 Å². The fraction of sp³-hybridized carbons (Fsp3) is 0.286. The number of hydrogen-bond acceptors (Lipinski definition) is 6. The Hall–Kier alpha value is -2.18. The highest BCUT2D eigenvalue weighted by molar-refractivity contribution is 5.57. The average molecular weight is 273 g/mol. The molecule has 0 saturated heterocycles. The summed E-state index contributed by atoms with van der Waals surface area (Å²) in [5.41, 5.74) is 3.45. The molecule has 1 aromatic carbocycles. The first-order valence-electron chi connectivity index (χ1n) is 6.37. The molecule has 0 aliphatic heterocycles.